The minimum atomic E-state index is -3.19. The van der Waals surface area contributed by atoms with E-state index in [1.54, 1.807) is 0 Å². The average Bonchev–Trinajstić information content (AvgIpc) is 2.16. The highest BCUT2D eigenvalue weighted by Gasteiger charge is 2.45. The first-order valence-electron chi connectivity index (χ1n) is 3.68. The minimum absolute atomic E-state index is 0.132. The molecular formula is C7H11F3O3. The molecule has 0 aromatic heterocycles. The zero-order valence-corrected chi connectivity index (χ0v) is 7.10. The van der Waals surface area contributed by atoms with Gasteiger partial charge in [-0.15, -0.1) is 0 Å². The van der Waals surface area contributed by atoms with Gasteiger partial charge in [-0.2, -0.15) is 0 Å². The number of carbonyl (C=O) groups is 1. The van der Waals surface area contributed by atoms with Crippen molar-refractivity contribution in [3.8, 4) is 0 Å². The highest BCUT2D eigenvalue weighted by molar-refractivity contribution is 5.76. The average molecular weight is 200 g/mol. The van der Waals surface area contributed by atoms with E-state index in [9.17, 15) is 18.0 Å². The Balaban J connectivity index is 4.36. The third-order valence-corrected chi connectivity index (χ3v) is 1.43. The van der Waals surface area contributed by atoms with E-state index in [0.29, 0.717) is 0 Å². The number of hydrogen-bond acceptors (Lipinski definition) is 3. The van der Waals surface area contributed by atoms with Gasteiger partial charge in [0.1, 0.15) is 6.67 Å². The van der Waals surface area contributed by atoms with E-state index < -0.39 is 31.1 Å². The maximum Gasteiger partial charge on any atom is 0.344 e. The molecule has 0 rings (SSSR count). The molecule has 3 nitrogen and oxygen atoms in total. The minimum Gasteiger partial charge on any atom is -0.464 e. The summed E-state index contributed by atoms with van der Waals surface area (Å²) in [4.78, 5) is 10.6. The Kier molecular flexibility index (Phi) is 4.76. The molecule has 0 saturated carbocycles. The Morgan fingerprint density at radius 1 is 1.69 bits per heavy atom. The zero-order chi connectivity index (χ0) is 10.5. The van der Waals surface area contributed by atoms with Crippen LogP contribution in [0.4, 0.5) is 13.2 Å². The predicted molar refractivity (Wildman–Crippen MR) is 38.4 cm³/mol. The van der Waals surface area contributed by atoms with Crippen LogP contribution in [0, 0.1) is 0 Å². The Morgan fingerprint density at radius 3 is 2.54 bits per heavy atom. The number of halogens is 3. The highest BCUT2D eigenvalue weighted by Crippen LogP contribution is 2.21. The van der Waals surface area contributed by atoms with Crippen molar-refractivity contribution in [1.82, 2.24) is 0 Å². The maximum atomic E-state index is 12.9. The van der Waals surface area contributed by atoms with Gasteiger partial charge in [0.2, 0.25) is 11.8 Å². The van der Waals surface area contributed by atoms with E-state index in [4.69, 9.17) is 5.11 Å². The summed E-state index contributed by atoms with van der Waals surface area (Å²) in [5.41, 5.74) is -3.19. The van der Waals surface area contributed by atoms with Crippen LogP contribution in [0.2, 0.25) is 0 Å². The summed E-state index contributed by atoms with van der Waals surface area (Å²) in [6.07, 6.45) is -2.79. The van der Waals surface area contributed by atoms with Gasteiger partial charge in [0.15, 0.2) is 0 Å². The van der Waals surface area contributed by atoms with E-state index in [1.807, 2.05) is 0 Å². The Morgan fingerprint density at radius 2 is 2.23 bits per heavy atom. The van der Waals surface area contributed by atoms with Gasteiger partial charge < -0.3 is 9.84 Å². The third kappa shape index (κ3) is 2.87. The normalized spacial score (nSPS) is 17.6. The molecule has 0 aromatic carbocycles. The quantitative estimate of drug-likeness (QED) is 0.659. The largest absolute Gasteiger partial charge is 0.464 e. The molecule has 0 radical (unpaired) electrons. The number of ether oxygens (including phenoxy) is 1. The molecule has 0 bridgehead atoms. The van der Waals surface area contributed by atoms with Crippen molar-refractivity contribution < 1.29 is 27.8 Å². The summed E-state index contributed by atoms with van der Waals surface area (Å²) >= 11 is 0. The molecule has 0 fully saturated rings. The highest BCUT2D eigenvalue weighted by atomic mass is 19.2. The van der Waals surface area contributed by atoms with Crippen molar-refractivity contribution >= 4 is 5.97 Å². The van der Waals surface area contributed by atoms with Crippen molar-refractivity contribution in [3.05, 3.63) is 0 Å². The molecule has 2 unspecified atom stereocenters. The lowest BCUT2D eigenvalue weighted by molar-refractivity contribution is -0.158. The molecule has 1 N–H and O–H groups in total. The summed E-state index contributed by atoms with van der Waals surface area (Å²) in [6, 6.07) is 0. The smallest absolute Gasteiger partial charge is 0.344 e. The summed E-state index contributed by atoms with van der Waals surface area (Å²) in [6.45, 7) is -1.90. The molecule has 0 aliphatic rings. The van der Waals surface area contributed by atoms with E-state index in [0.717, 1.165) is 0 Å². The van der Waals surface area contributed by atoms with E-state index >= 15 is 0 Å². The topological polar surface area (TPSA) is 46.5 Å². The molecule has 0 aromatic rings. The van der Waals surface area contributed by atoms with Crippen LogP contribution in [0.15, 0.2) is 0 Å². The molecule has 0 aliphatic heterocycles. The van der Waals surface area contributed by atoms with Gasteiger partial charge in [0.05, 0.1) is 13.2 Å². The first kappa shape index (κ1) is 12.2. The fourth-order valence-electron chi connectivity index (χ4n) is 0.617. The number of alkyl halides is 3. The lowest BCUT2D eigenvalue weighted by atomic mass is 10.0. The standard InChI is InChI=1S/C7H11F3O3/c1-2-13-6(12)5(9)7(10,3-8)4-11/h5,11H,2-4H2,1H3. The lowest BCUT2D eigenvalue weighted by Crippen LogP contribution is -2.46. The molecular weight excluding hydrogens is 189 g/mol. The Labute approximate surface area is 73.5 Å². The number of esters is 1. The van der Waals surface area contributed by atoms with Gasteiger partial charge in [0.25, 0.3) is 0 Å². The number of aliphatic hydroxyl groups excluding tert-OH is 1. The van der Waals surface area contributed by atoms with Crippen molar-refractivity contribution in [2.75, 3.05) is 19.9 Å². The number of hydrogen-bond donors (Lipinski definition) is 1. The van der Waals surface area contributed by atoms with Crippen LogP contribution in [0.5, 0.6) is 0 Å². The van der Waals surface area contributed by atoms with Crippen molar-refractivity contribution in [1.29, 1.82) is 0 Å². The van der Waals surface area contributed by atoms with E-state index in [2.05, 4.69) is 4.74 Å². The zero-order valence-electron chi connectivity index (χ0n) is 7.10. The van der Waals surface area contributed by atoms with Crippen molar-refractivity contribution in [3.63, 3.8) is 0 Å². The monoisotopic (exact) mass is 200 g/mol. The van der Waals surface area contributed by atoms with Crippen LogP contribution in [-0.4, -0.2) is 42.8 Å². The fraction of sp³-hybridized carbons (Fsp3) is 0.857. The summed E-state index contributed by atoms with van der Waals surface area (Å²) in [5.74, 6) is -1.50. The third-order valence-electron chi connectivity index (χ3n) is 1.43. The van der Waals surface area contributed by atoms with Crippen molar-refractivity contribution in [2.45, 2.75) is 18.8 Å². The van der Waals surface area contributed by atoms with Gasteiger partial charge in [-0.05, 0) is 6.92 Å². The van der Waals surface area contributed by atoms with Crippen LogP contribution >= 0.6 is 0 Å². The SMILES string of the molecule is CCOC(=O)C(F)C(F)(CO)CF. The second-order valence-corrected chi connectivity index (χ2v) is 2.44. The second kappa shape index (κ2) is 5.06. The lowest BCUT2D eigenvalue weighted by Gasteiger charge is -2.21. The predicted octanol–water partition coefficient (Wildman–Crippen LogP) is 0.558. The van der Waals surface area contributed by atoms with Crippen LogP contribution in [0.1, 0.15) is 6.92 Å². The fourth-order valence-corrected chi connectivity index (χ4v) is 0.617. The van der Waals surface area contributed by atoms with Crippen molar-refractivity contribution in [2.24, 2.45) is 0 Å². The summed E-state index contributed by atoms with van der Waals surface area (Å²) < 4.78 is 41.7. The van der Waals surface area contributed by atoms with Crippen LogP contribution in [-0.2, 0) is 9.53 Å². The number of carbonyl (C=O) groups excluding carboxylic acids is 1. The van der Waals surface area contributed by atoms with Crippen LogP contribution in [0.3, 0.4) is 0 Å². The first-order chi connectivity index (χ1) is 6.01. The Hall–Kier alpha value is -0.780. The molecule has 6 heteroatoms. The van der Waals surface area contributed by atoms with Gasteiger partial charge in [0, 0.05) is 0 Å². The van der Waals surface area contributed by atoms with Gasteiger partial charge >= 0.3 is 5.97 Å². The first-order valence-corrected chi connectivity index (χ1v) is 3.68. The van der Waals surface area contributed by atoms with Gasteiger partial charge in [-0.25, -0.2) is 18.0 Å². The van der Waals surface area contributed by atoms with E-state index in [1.165, 1.54) is 6.92 Å². The Bertz CT molecular complexity index is 170. The molecule has 0 saturated heterocycles. The van der Waals surface area contributed by atoms with Gasteiger partial charge in [-0.3, -0.25) is 0 Å². The van der Waals surface area contributed by atoms with E-state index in [-0.39, 0.29) is 6.61 Å². The summed E-state index contributed by atoms with van der Waals surface area (Å²) in [7, 11) is 0. The van der Waals surface area contributed by atoms with Crippen LogP contribution in [0.25, 0.3) is 0 Å². The number of rotatable bonds is 5. The summed E-state index contributed by atoms with van der Waals surface area (Å²) in [5, 5.41) is 8.31. The molecule has 78 valence electrons. The molecule has 2 atom stereocenters. The number of aliphatic hydroxyl groups is 1. The second-order valence-electron chi connectivity index (χ2n) is 2.44. The molecule has 0 aliphatic carbocycles. The van der Waals surface area contributed by atoms with Gasteiger partial charge in [-0.1, -0.05) is 0 Å². The molecule has 0 spiro atoms. The maximum absolute atomic E-state index is 12.9. The molecule has 0 heterocycles. The van der Waals surface area contributed by atoms with Crippen LogP contribution < -0.4 is 0 Å². The molecule has 13 heavy (non-hydrogen) atoms. The molecule has 0 amide bonds.